The molecule has 2 aliphatic heterocycles. The number of ether oxygens (including phenoxy) is 2. The smallest absolute Gasteiger partial charge is 0.172 e. The van der Waals surface area contributed by atoms with E-state index in [1.807, 2.05) is 103 Å². The van der Waals surface area contributed by atoms with Crippen LogP contribution in [-0.2, 0) is 9.47 Å². The quantitative estimate of drug-likeness (QED) is 0.170. The molecule has 0 amide bonds. The molecule has 0 unspecified atom stereocenters. The number of rotatable bonds is 5. The molecule has 0 aliphatic carbocycles. The number of anilines is 3. The molecule has 2 saturated heterocycles. The van der Waals surface area contributed by atoms with Gasteiger partial charge < -0.3 is 25.8 Å². The molecule has 12 heteroatoms. The topological polar surface area (TPSA) is 151 Å². The maximum absolute atomic E-state index is 6.36. The molecule has 0 spiro atoms. The average molecular weight is 847 g/mol. The van der Waals surface area contributed by atoms with Gasteiger partial charge in [0.25, 0.3) is 0 Å². The normalized spacial score (nSPS) is 13.9. The molecule has 0 radical (unpaired) electrons. The van der Waals surface area contributed by atoms with Crippen molar-refractivity contribution in [1.82, 2.24) is 29.9 Å². The number of hydrogen-bond acceptors (Lipinski definition) is 11. The fourth-order valence-corrected chi connectivity index (χ4v) is 7.27. The first-order valence-electron chi connectivity index (χ1n) is 19.7. The third kappa shape index (κ3) is 9.52. The second-order valence-electron chi connectivity index (χ2n) is 14.1. The Hall–Kier alpha value is -6.34. The molecule has 4 N–H and O–H groups in total. The Bertz CT molecular complexity index is 2650. The van der Waals surface area contributed by atoms with Gasteiger partial charge in [-0.3, -0.25) is 9.97 Å². The van der Waals surface area contributed by atoms with Crippen molar-refractivity contribution < 1.29 is 9.47 Å². The second-order valence-corrected chi connectivity index (χ2v) is 14.8. The van der Waals surface area contributed by atoms with Crippen LogP contribution in [0.25, 0.3) is 66.8 Å². The number of nitrogens with two attached hydrogens (primary N) is 2. The zero-order valence-corrected chi connectivity index (χ0v) is 34.1. The van der Waals surface area contributed by atoms with Gasteiger partial charge in [-0.2, -0.15) is 0 Å². The largest absolute Gasteiger partial charge is 0.381 e. The number of aromatic nitrogens is 6. The molecule has 0 atom stereocenters. The van der Waals surface area contributed by atoms with E-state index in [0.717, 1.165) is 93.1 Å². The van der Waals surface area contributed by atoms with Gasteiger partial charge in [-0.15, -0.1) is 0 Å². The van der Waals surface area contributed by atoms with Gasteiger partial charge in [-0.25, -0.2) is 19.9 Å². The van der Waals surface area contributed by atoms with Crippen molar-refractivity contribution in [2.45, 2.75) is 19.3 Å². The first-order valence-corrected chi connectivity index (χ1v) is 20.5. The average Bonchev–Trinajstić information content (AvgIpc) is 3.31. The highest BCUT2D eigenvalue weighted by Crippen LogP contribution is 2.36. The molecule has 2 aliphatic rings. The van der Waals surface area contributed by atoms with Crippen molar-refractivity contribution in [1.29, 1.82) is 0 Å². The first kappa shape index (κ1) is 39.5. The number of morpholine rings is 1. The molecular formula is C47H44BrN9O2. The van der Waals surface area contributed by atoms with Crippen LogP contribution < -0.4 is 16.4 Å². The zero-order valence-electron chi connectivity index (χ0n) is 32.5. The number of benzene rings is 4. The van der Waals surface area contributed by atoms with Crippen LogP contribution in [0.3, 0.4) is 0 Å². The van der Waals surface area contributed by atoms with E-state index in [-0.39, 0.29) is 0 Å². The highest BCUT2D eigenvalue weighted by atomic mass is 79.9. The third-order valence-electron chi connectivity index (χ3n) is 10.0. The van der Waals surface area contributed by atoms with Crippen molar-refractivity contribution in [3.05, 3.63) is 138 Å². The minimum atomic E-state index is 0.375. The summed E-state index contributed by atoms with van der Waals surface area (Å²) < 4.78 is 11.1. The summed E-state index contributed by atoms with van der Waals surface area (Å²) in [5.74, 6) is 1.53. The van der Waals surface area contributed by atoms with E-state index in [9.17, 15) is 0 Å². The van der Waals surface area contributed by atoms with Gasteiger partial charge in [0.1, 0.15) is 4.60 Å². The molecule has 4 aromatic heterocycles. The molecule has 8 aromatic rings. The van der Waals surface area contributed by atoms with E-state index in [4.69, 9.17) is 30.9 Å². The Kier molecular flexibility index (Phi) is 12.7. The molecule has 4 aromatic carbocycles. The minimum Gasteiger partial charge on any atom is -0.381 e. The number of pyridine rings is 2. The van der Waals surface area contributed by atoms with Crippen LogP contribution in [0.2, 0.25) is 0 Å². The molecule has 0 bridgehead atoms. The summed E-state index contributed by atoms with van der Waals surface area (Å²) in [4.78, 5) is 29.9. The van der Waals surface area contributed by atoms with Crippen LogP contribution in [0.1, 0.15) is 19.3 Å². The van der Waals surface area contributed by atoms with E-state index >= 15 is 0 Å². The Balaban J connectivity index is 0.000000146. The van der Waals surface area contributed by atoms with E-state index in [1.54, 1.807) is 12.4 Å². The van der Waals surface area contributed by atoms with Crippen molar-refractivity contribution in [3.63, 3.8) is 0 Å². The van der Waals surface area contributed by atoms with Crippen molar-refractivity contribution in [2.75, 3.05) is 55.9 Å². The SMILES string of the molecule is C1CCOCC1.Nc1nc(-c2ccccc2)c(-c2ccc3ncccc3c2)nc1Br.Nc1nc(-c2ccccc2)c(-c2ccc3ncccc3c2)nc1N1CCOCC1. The van der Waals surface area contributed by atoms with Crippen LogP contribution >= 0.6 is 15.9 Å². The Morgan fingerprint density at radius 3 is 1.47 bits per heavy atom. The summed E-state index contributed by atoms with van der Waals surface area (Å²) in [6, 6.07) is 40.2. The Morgan fingerprint density at radius 1 is 0.475 bits per heavy atom. The highest BCUT2D eigenvalue weighted by Gasteiger charge is 2.21. The third-order valence-corrected chi connectivity index (χ3v) is 10.6. The van der Waals surface area contributed by atoms with Crippen LogP contribution in [-0.4, -0.2) is 69.4 Å². The van der Waals surface area contributed by atoms with E-state index in [2.05, 4.69) is 59.0 Å². The van der Waals surface area contributed by atoms with Crippen LogP contribution in [0.4, 0.5) is 17.5 Å². The molecular weight excluding hydrogens is 802 g/mol. The summed E-state index contributed by atoms with van der Waals surface area (Å²) in [7, 11) is 0. The standard InChI is InChI=1S/C23H21N5O.C19H13BrN4.C5H10O/c24-22-23(28-11-13-29-14-12-28)27-21(20(26-22)16-5-2-1-3-6-16)18-8-9-19-17(15-18)7-4-10-25-19;20-18-19(21)24-16(12-5-2-1-3-6-12)17(23-18)14-8-9-15-13(11-14)7-4-10-22-15;1-2-4-6-5-3-1/h1-10,15H,11-14H2,(H2,24,26);1-11H,(H2,21,24);1-5H2. The van der Waals surface area contributed by atoms with Gasteiger partial charge in [-0.1, -0.05) is 84.9 Å². The van der Waals surface area contributed by atoms with Gasteiger partial charge in [-0.05, 0) is 71.6 Å². The lowest BCUT2D eigenvalue weighted by Crippen LogP contribution is -2.37. The Labute approximate surface area is 351 Å². The summed E-state index contributed by atoms with van der Waals surface area (Å²) >= 11 is 3.39. The maximum atomic E-state index is 6.36. The van der Waals surface area contributed by atoms with Gasteiger partial charge in [0.05, 0.1) is 47.0 Å². The second kappa shape index (κ2) is 18.9. The molecule has 10 rings (SSSR count). The predicted octanol–water partition coefficient (Wildman–Crippen LogP) is 9.67. The molecule has 2 fully saturated rings. The summed E-state index contributed by atoms with van der Waals surface area (Å²) in [6.07, 6.45) is 7.52. The predicted molar refractivity (Wildman–Crippen MR) is 241 cm³/mol. The first-order chi connectivity index (χ1) is 29.0. The van der Waals surface area contributed by atoms with E-state index in [1.165, 1.54) is 19.3 Å². The molecule has 6 heterocycles. The van der Waals surface area contributed by atoms with Gasteiger partial charge >= 0.3 is 0 Å². The van der Waals surface area contributed by atoms with Crippen LogP contribution in [0.15, 0.2) is 138 Å². The maximum Gasteiger partial charge on any atom is 0.172 e. The summed E-state index contributed by atoms with van der Waals surface area (Å²) in [5.41, 5.74) is 21.3. The van der Waals surface area contributed by atoms with Crippen molar-refractivity contribution in [2.24, 2.45) is 0 Å². The lowest BCUT2D eigenvalue weighted by molar-refractivity contribution is 0.0968. The number of hydrogen-bond donors (Lipinski definition) is 2. The zero-order chi connectivity index (χ0) is 40.4. The fraction of sp³-hybridized carbons (Fsp3) is 0.191. The lowest BCUT2D eigenvalue weighted by Gasteiger charge is -2.29. The Morgan fingerprint density at radius 2 is 0.966 bits per heavy atom. The molecule has 11 nitrogen and oxygen atoms in total. The van der Waals surface area contributed by atoms with Crippen molar-refractivity contribution >= 4 is 55.2 Å². The van der Waals surface area contributed by atoms with Crippen molar-refractivity contribution in [3.8, 4) is 45.0 Å². The number of halogens is 1. The fourth-order valence-electron chi connectivity index (χ4n) is 7.01. The van der Waals surface area contributed by atoms with E-state index in [0.29, 0.717) is 35.3 Å². The number of nitrogens with zero attached hydrogens (tertiary/aromatic N) is 7. The summed E-state index contributed by atoms with van der Waals surface area (Å²) in [5, 5.41) is 2.12. The molecule has 0 saturated carbocycles. The lowest BCUT2D eigenvalue weighted by atomic mass is 10.0. The molecule has 296 valence electrons. The highest BCUT2D eigenvalue weighted by molar-refractivity contribution is 9.10. The van der Waals surface area contributed by atoms with Gasteiger partial charge in [0, 0.05) is 71.7 Å². The number of fused-ring (bicyclic) bond motifs is 2. The molecule has 59 heavy (non-hydrogen) atoms. The van der Waals surface area contributed by atoms with E-state index < -0.39 is 0 Å². The monoisotopic (exact) mass is 845 g/mol. The number of nitrogen functional groups attached to an aromatic ring is 2. The minimum absolute atomic E-state index is 0.375. The van der Waals surface area contributed by atoms with Gasteiger partial charge in [0.15, 0.2) is 17.5 Å². The van der Waals surface area contributed by atoms with Crippen LogP contribution in [0, 0.1) is 0 Å². The van der Waals surface area contributed by atoms with Crippen LogP contribution in [0.5, 0.6) is 0 Å². The summed E-state index contributed by atoms with van der Waals surface area (Å²) in [6.45, 7) is 4.84. The van der Waals surface area contributed by atoms with Gasteiger partial charge in [0.2, 0.25) is 0 Å².